The molecule has 0 saturated carbocycles. The lowest BCUT2D eigenvalue weighted by Crippen LogP contribution is -2.35. The molecule has 1 aliphatic heterocycles. The van der Waals surface area contributed by atoms with Gasteiger partial charge in [0.1, 0.15) is 4.90 Å². The Balaban J connectivity index is 2.48. The summed E-state index contributed by atoms with van der Waals surface area (Å²) in [6.45, 7) is 2.51. The maximum atomic E-state index is 12.6. The van der Waals surface area contributed by atoms with Crippen molar-refractivity contribution in [2.45, 2.75) is 37.1 Å². The van der Waals surface area contributed by atoms with Gasteiger partial charge >= 0.3 is 0 Å². The zero-order valence-corrected chi connectivity index (χ0v) is 12.9. The molecule has 2 rings (SSSR count). The monoisotopic (exact) mass is 322 g/mol. The second-order valence-electron chi connectivity index (χ2n) is 4.59. The van der Waals surface area contributed by atoms with Gasteiger partial charge in [0.25, 0.3) is 0 Å². The lowest BCUT2D eigenvalue weighted by Gasteiger charge is -2.23. The van der Waals surface area contributed by atoms with Crippen LogP contribution in [0.5, 0.6) is 0 Å². The average Bonchev–Trinajstić information content (AvgIpc) is 2.84. The van der Waals surface area contributed by atoms with Crippen LogP contribution in [0.1, 0.15) is 26.2 Å². The van der Waals surface area contributed by atoms with Gasteiger partial charge in [0.05, 0.1) is 15.7 Å². The van der Waals surface area contributed by atoms with Crippen molar-refractivity contribution in [3.8, 4) is 0 Å². The fraction of sp³-hybridized carbons (Fsp3) is 0.500. The third-order valence-electron chi connectivity index (χ3n) is 3.47. The van der Waals surface area contributed by atoms with E-state index >= 15 is 0 Å². The van der Waals surface area contributed by atoms with Crippen molar-refractivity contribution in [3.63, 3.8) is 0 Å². The van der Waals surface area contributed by atoms with Crippen LogP contribution in [0.4, 0.5) is 5.69 Å². The number of anilines is 1. The van der Waals surface area contributed by atoms with E-state index in [1.165, 1.54) is 16.4 Å². The van der Waals surface area contributed by atoms with Gasteiger partial charge in [-0.05, 0) is 31.4 Å². The molecule has 2 N–H and O–H groups in total. The Kier molecular flexibility index (Phi) is 4.30. The molecule has 1 heterocycles. The number of benzene rings is 1. The Bertz CT molecular complexity index is 590. The third kappa shape index (κ3) is 2.57. The van der Waals surface area contributed by atoms with Crippen molar-refractivity contribution in [2.24, 2.45) is 0 Å². The summed E-state index contributed by atoms with van der Waals surface area (Å²) >= 11 is 11.9. The van der Waals surface area contributed by atoms with E-state index in [1.807, 2.05) is 6.92 Å². The number of hydrogen-bond donors (Lipinski definition) is 1. The molecule has 106 valence electrons. The number of rotatable bonds is 3. The van der Waals surface area contributed by atoms with Gasteiger partial charge in [-0.1, -0.05) is 30.1 Å². The fourth-order valence-corrected chi connectivity index (χ4v) is 4.92. The first-order chi connectivity index (χ1) is 8.89. The molecule has 19 heavy (non-hydrogen) atoms. The van der Waals surface area contributed by atoms with Crippen LogP contribution in [0, 0.1) is 0 Å². The maximum absolute atomic E-state index is 12.6. The smallest absolute Gasteiger partial charge is 0.244 e. The Morgan fingerprint density at radius 1 is 1.42 bits per heavy atom. The van der Waals surface area contributed by atoms with Crippen molar-refractivity contribution in [1.82, 2.24) is 4.31 Å². The van der Waals surface area contributed by atoms with E-state index in [1.54, 1.807) is 0 Å². The number of nitrogens with two attached hydrogens (primary N) is 1. The topological polar surface area (TPSA) is 63.4 Å². The molecule has 1 atom stereocenters. The highest BCUT2D eigenvalue weighted by atomic mass is 35.5. The van der Waals surface area contributed by atoms with E-state index < -0.39 is 10.0 Å². The quantitative estimate of drug-likeness (QED) is 0.869. The van der Waals surface area contributed by atoms with Crippen LogP contribution in [-0.4, -0.2) is 25.3 Å². The summed E-state index contributed by atoms with van der Waals surface area (Å²) in [5, 5.41) is 0.270. The number of nitrogen functional groups attached to an aromatic ring is 1. The Hall–Kier alpha value is -0.490. The van der Waals surface area contributed by atoms with Crippen molar-refractivity contribution in [2.75, 3.05) is 12.3 Å². The molecule has 1 unspecified atom stereocenters. The molecule has 7 heteroatoms. The molecule has 4 nitrogen and oxygen atoms in total. The highest BCUT2D eigenvalue weighted by Crippen LogP contribution is 2.36. The average molecular weight is 323 g/mol. The molecule has 0 amide bonds. The summed E-state index contributed by atoms with van der Waals surface area (Å²) in [5.41, 5.74) is 5.81. The number of sulfonamides is 1. The van der Waals surface area contributed by atoms with Crippen LogP contribution in [-0.2, 0) is 10.0 Å². The van der Waals surface area contributed by atoms with Crippen LogP contribution >= 0.6 is 23.2 Å². The SMILES string of the molecule is CCC1CCCN1S(=O)(=O)c1ccc(Cl)c(N)c1Cl. The highest BCUT2D eigenvalue weighted by Gasteiger charge is 2.35. The fourth-order valence-electron chi connectivity index (χ4n) is 2.41. The minimum Gasteiger partial charge on any atom is -0.396 e. The summed E-state index contributed by atoms with van der Waals surface area (Å²) in [7, 11) is -3.61. The molecule has 1 saturated heterocycles. The standard InChI is InChI=1S/C12H16Cl2N2O2S/c1-2-8-4-3-7-16(8)19(17,18)10-6-5-9(13)12(15)11(10)14/h5-6,8H,2-4,7,15H2,1H3. The highest BCUT2D eigenvalue weighted by molar-refractivity contribution is 7.89. The third-order valence-corrected chi connectivity index (χ3v) is 6.32. The maximum Gasteiger partial charge on any atom is 0.244 e. The molecule has 1 fully saturated rings. The van der Waals surface area contributed by atoms with Crippen molar-refractivity contribution in [1.29, 1.82) is 0 Å². The Morgan fingerprint density at radius 3 is 2.74 bits per heavy atom. The summed E-state index contributed by atoms with van der Waals surface area (Å²) in [5.74, 6) is 0. The van der Waals surface area contributed by atoms with Crippen LogP contribution in [0.25, 0.3) is 0 Å². The first-order valence-corrected chi connectivity index (χ1v) is 8.34. The first kappa shape index (κ1) is 14.9. The predicted molar refractivity (Wildman–Crippen MR) is 78.1 cm³/mol. The van der Waals surface area contributed by atoms with Crippen molar-refractivity contribution >= 4 is 38.9 Å². The summed E-state index contributed by atoms with van der Waals surface area (Å²) in [4.78, 5) is 0.0383. The van der Waals surface area contributed by atoms with Gasteiger partial charge in [0.2, 0.25) is 10.0 Å². The van der Waals surface area contributed by atoms with E-state index in [2.05, 4.69) is 0 Å². The van der Waals surface area contributed by atoms with E-state index in [4.69, 9.17) is 28.9 Å². The van der Waals surface area contributed by atoms with Crippen LogP contribution in [0.2, 0.25) is 10.0 Å². The molecule has 1 aromatic carbocycles. The summed E-state index contributed by atoms with van der Waals surface area (Å²) < 4.78 is 26.8. The minimum atomic E-state index is -3.61. The van der Waals surface area contributed by atoms with Gasteiger partial charge < -0.3 is 5.73 Å². The molecular formula is C12H16Cl2N2O2S. The van der Waals surface area contributed by atoms with Gasteiger partial charge in [-0.15, -0.1) is 0 Å². The zero-order valence-electron chi connectivity index (χ0n) is 10.6. The molecule has 0 aromatic heterocycles. The largest absolute Gasteiger partial charge is 0.396 e. The summed E-state index contributed by atoms with van der Waals surface area (Å²) in [6, 6.07) is 2.92. The van der Waals surface area contributed by atoms with E-state index in [0.717, 1.165) is 19.3 Å². The Morgan fingerprint density at radius 2 is 2.11 bits per heavy atom. The van der Waals surface area contributed by atoms with Gasteiger partial charge in [0, 0.05) is 12.6 Å². The lowest BCUT2D eigenvalue weighted by atomic mass is 10.2. The molecule has 0 radical (unpaired) electrons. The molecule has 0 bridgehead atoms. The van der Waals surface area contributed by atoms with Crippen molar-refractivity contribution < 1.29 is 8.42 Å². The van der Waals surface area contributed by atoms with E-state index in [-0.39, 0.29) is 26.7 Å². The van der Waals surface area contributed by atoms with Gasteiger partial charge in [-0.3, -0.25) is 0 Å². The van der Waals surface area contributed by atoms with Crippen LogP contribution in [0.15, 0.2) is 17.0 Å². The van der Waals surface area contributed by atoms with Gasteiger partial charge in [0.15, 0.2) is 0 Å². The van der Waals surface area contributed by atoms with Crippen LogP contribution < -0.4 is 5.73 Å². The molecule has 1 aromatic rings. The second-order valence-corrected chi connectivity index (χ2v) is 7.24. The van der Waals surface area contributed by atoms with Crippen LogP contribution in [0.3, 0.4) is 0 Å². The van der Waals surface area contributed by atoms with E-state index in [0.29, 0.717) is 6.54 Å². The molecule has 0 aliphatic carbocycles. The first-order valence-electron chi connectivity index (χ1n) is 6.15. The van der Waals surface area contributed by atoms with Crippen molar-refractivity contribution in [3.05, 3.63) is 22.2 Å². The molecule has 0 spiro atoms. The lowest BCUT2D eigenvalue weighted by molar-refractivity contribution is 0.379. The number of halogens is 2. The number of hydrogen-bond acceptors (Lipinski definition) is 3. The Labute approximate surface area is 123 Å². The minimum absolute atomic E-state index is 0.00857. The van der Waals surface area contributed by atoms with Gasteiger partial charge in [-0.2, -0.15) is 4.31 Å². The predicted octanol–water partition coefficient (Wildman–Crippen LogP) is 3.14. The van der Waals surface area contributed by atoms with Gasteiger partial charge in [-0.25, -0.2) is 8.42 Å². The van der Waals surface area contributed by atoms with E-state index in [9.17, 15) is 8.42 Å². The normalized spacial score (nSPS) is 20.9. The summed E-state index contributed by atoms with van der Waals surface area (Å²) in [6.07, 6.45) is 2.55. The molecular weight excluding hydrogens is 307 g/mol. The number of nitrogens with zero attached hydrogens (tertiary/aromatic N) is 1. The molecule has 1 aliphatic rings. The second kappa shape index (κ2) is 5.48. The zero-order chi connectivity index (χ0) is 14.2.